The number of rotatable bonds is 2. The lowest BCUT2D eigenvalue weighted by atomic mass is 9.80. The number of fused-ring (bicyclic) bond motifs is 1. The molecule has 1 aliphatic rings. The third-order valence-corrected chi connectivity index (χ3v) is 4.19. The van der Waals surface area contributed by atoms with Crippen LogP contribution >= 0.6 is 0 Å². The average molecular weight is 240 g/mol. The summed E-state index contributed by atoms with van der Waals surface area (Å²) >= 11 is 0. The van der Waals surface area contributed by atoms with E-state index >= 15 is 0 Å². The number of likely N-dealkylation sites (N-methyl/N-ethyl adjacent to an activating group) is 1. The standard InChI is InChI=1S/C16H20N2/c1-17-15-7-3-2-6-14(15)13-9-8-12-5-4-10-18-16(12)11-13/h4-5,8-11,14-15,17H,2-3,6-7H2,1H3. The second-order valence-electron chi connectivity index (χ2n) is 5.24. The van der Waals surface area contributed by atoms with Gasteiger partial charge in [0.05, 0.1) is 5.52 Å². The molecule has 0 spiro atoms. The first-order valence-electron chi connectivity index (χ1n) is 6.90. The van der Waals surface area contributed by atoms with Crippen LogP contribution in [0.15, 0.2) is 36.5 Å². The predicted molar refractivity (Wildman–Crippen MR) is 75.8 cm³/mol. The summed E-state index contributed by atoms with van der Waals surface area (Å²) in [6.45, 7) is 0. The summed E-state index contributed by atoms with van der Waals surface area (Å²) in [5, 5.41) is 4.71. The van der Waals surface area contributed by atoms with Crippen LogP contribution in [0, 0.1) is 0 Å². The molecule has 3 rings (SSSR count). The number of nitrogens with zero attached hydrogens (tertiary/aromatic N) is 1. The van der Waals surface area contributed by atoms with Crippen molar-refractivity contribution in [3.05, 3.63) is 42.1 Å². The minimum Gasteiger partial charge on any atom is -0.316 e. The Hall–Kier alpha value is -1.41. The van der Waals surface area contributed by atoms with E-state index in [0.29, 0.717) is 12.0 Å². The van der Waals surface area contributed by atoms with E-state index in [0.717, 1.165) is 5.52 Å². The van der Waals surface area contributed by atoms with E-state index in [1.165, 1.54) is 36.6 Å². The molecule has 2 aromatic rings. The van der Waals surface area contributed by atoms with Gasteiger partial charge in [0.15, 0.2) is 0 Å². The van der Waals surface area contributed by atoms with Crippen LogP contribution < -0.4 is 5.32 Å². The van der Waals surface area contributed by atoms with Gasteiger partial charge in [-0.3, -0.25) is 4.98 Å². The lowest BCUT2D eigenvalue weighted by Gasteiger charge is -2.31. The van der Waals surface area contributed by atoms with Gasteiger partial charge in [0.2, 0.25) is 0 Å². The van der Waals surface area contributed by atoms with Gasteiger partial charge in [0.1, 0.15) is 0 Å². The molecule has 0 amide bonds. The number of benzene rings is 1. The summed E-state index contributed by atoms with van der Waals surface area (Å²) in [6.07, 6.45) is 7.17. The van der Waals surface area contributed by atoms with Crippen molar-refractivity contribution < 1.29 is 0 Å². The summed E-state index contributed by atoms with van der Waals surface area (Å²) in [7, 11) is 2.09. The highest BCUT2D eigenvalue weighted by atomic mass is 14.9. The van der Waals surface area contributed by atoms with Crippen molar-refractivity contribution in [3.8, 4) is 0 Å². The maximum atomic E-state index is 4.47. The molecule has 0 bridgehead atoms. The number of aromatic nitrogens is 1. The average Bonchev–Trinajstić information content (AvgIpc) is 2.46. The molecule has 1 aromatic carbocycles. The van der Waals surface area contributed by atoms with Crippen molar-refractivity contribution in [3.63, 3.8) is 0 Å². The molecule has 2 unspecified atom stereocenters. The molecule has 1 aromatic heterocycles. The van der Waals surface area contributed by atoms with Gasteiger partial charge >= 0.3 is 0 Å². The van der Waals surface area contributed by atoms with E-state index in [9.17, 15) is 0 Å². The second-order valence-corrected chi connectivity index (χ2v) is 5.24. The monoisotopic (exact) mass is 240 g/mol. The molecule has 94 valence electrons. The zero-order valence-electron chi connectivity index (χ0n) is 10.9. The quantitative estimate of drug-likeness (QED) is 0.869. The Kier molecular flexibility index (Phi) is 3.28. The lowest BCUT2D eigenvalue weighted by Crippen LogP contribution is -2.34. The highest BCUT2D eigenvalue weighted by Gasteiger charge is 2.25. The fraction of sp³-hybridized carbons (Fsp3) is 0.438. The van der Waals surface area contributed by atoms with E-state index in [4.69, 9.17) is 0 Å². The van der Waals surface area contributed by atoms with Gasteiger partial charge in [-0.1, -0.05) is 31.0 Å². The van der Waals surface area contributed by atoms with E-state index in [1.54, 1.807) is 0 Å². The predicted octanol–water partition coefficient (Wildman–Crippen LogP) is 3.48. The van der Waals surface area contributed by atoms with E-state index in [1.807, 2.05) is 12.3 Å². The Bertz CT molecular complexity index is 535. The van der Waals surface area contributed by atoms with Crippen molar-refractivity contribution in [1.82, 2.24) is 10.3 Å². The lowest BCUT2D eigenvalue weighted by molar-refractivity contribution is 0.344. The summed E-state index contributed by atoms with van der Waals surface area (Å²) in [5.41, 5.74) is 2.57. The molecule has 1 aliphatic carbocycles. The van der Waals surface area contributed by atoms with Crippen LogP contribution in [0.3, 0.4) is 0 Å². The minimum absolute atomic E-state index is 0.625. The zero-order valence-corrected chi connectivity index (χ0v) is 10.9. The van der Waals surface area contributed by atoms with E-state index in [2.05, 4.69) is 41.6 Å². The van der Waals surface area contributed by atoms with Crippen LogP contribution in [-0.4, -0.2) is 18.1 Å². The number of nitrogens with one attached hydrogen (secondary N) is 1. The first-order chi connectivity index (χ1) is 8.88. The van der Waals surface area contributed by atoms with Crippen LogP contribution in [0.4, 0.5) is 0 Å². The maximum Gasteiger partial charge on any atom is 0.0704 e. The Morgan fingerprint density at radius 1 is 1.17 bits per heavy atom. The Balaban J connectivity index is 1.97. The van der Waals surface area contributed by atoms with Gasteiger partial charge in [-0.05, 0) is 43.5 Å². The van der Waals surface area contributed by atoms with Crippen molar-refractivity contribution in [2.45, 2.75) is 37.6 Å². The molecule has 2 nitrogen and oxygen atoms in total. The van der Waals surface area contributed by atoms with Crippen LogP contribution in [0.1, 0.15) is 37.2 Å². The van der Waals surface area contributed by atoms with Gasteiger partial charge < -0.3 is 5.32 Å². The first kappa shape index (κ1) is 11.7. The minimum atomic E-state index is 0.625. The fourth-order valence-corrected chi connectivity index (χ4v) is 3.19. The Morgan fingerprint density at radius 2 is 2.06 bits per heavy atom. The third-order valence-electron chi connectivity index (χ3n) is 4.19. The van der Waals surface area contributed by atoms with Gasteiger partial charge in [-0.2, -0.15) is 0 Å². The summed E-state index contributed by atoms with van der Waals surface area (Å²) < 4.78 is 0. The molecule has 1 fully saturated rings. The van der Waals surface area contributed by atoms with Crippen molar-refractivity contribution in [2.24, 2.45) is 0 Å². The SMILES string of the molecule is CNC1CCCCC1c1ccc2cccnc2c1. The molecule has 0 radical (unpaired) electrons. The smallest absolute Gasteiger partial charge is 0.0704 e. The number of pyridine rings is 1. The highest BCUT2D eigenvalue weighted by Crippen LogP contribution is 2.33. The molecule has 2 atom stereocenters. The van der Waals surface area contributed by atoms with Gasteiger partial charge in [-0.15, -0.1) is 0 Å². The van der Waals surface area contributed by atoms with Crippen molar-refractivity contribution in [1.29, 1.82) is 0 Å². The van der Waals surface area contributed by atoms with Crippen molar-refractivity contribution >= 4 is 10.9 Å². The second kappa shape index (κ2) is 5.07. The Morgan fingerprint density at radius 3 is 2.94 bits per heavy atom. The van der Waals surface area contributed by atoms with E-state index < -0.39 is 0 Å². The number of hydrogen-bond donors (Lipinski definition) is 1. The number of hydrogen-bond acceptors (Lipinski definition) is 2. The van der Waals surface area contributed by atoms with Gasteiger partial charge in [-0.25, -0.2) is 0 Å². The van der Waals surface area contributed by atoms with Crippen LogP contribution in [0.2, 0.25) is 0 Å². The van der Waals surface area contributed by atoms with Crippen LogP contribution in [-0.2, 0) is 0 Å². The Labute approximate surface area is 108 Å². The highest BCUT2D eigenvalue weighted by molar-refractivity contribution is 5.79. The summed E-state index contributed by atoms with van der Waals surface area (Å²) in [5.74, 6) is 0.648. The summed E-state index contributed by atoms with van der Waals surface area (Å²) in [6, 6.07) is 11.5. The fourth-order valence-electron chi connectivity index (χ4n) is 3.19. The topological polar surface area (TPSA) is 24.9 Å². The van der Waals surface area contributed by atoms with Crippen molar-refractivity contribution in [2.75, 3.05) is 7.05 Å². The van der Waals surface area contributed by atoms with E-state index in [-0.39, 0.29) is 0 Å². The molecule has 0 saturated heterocycles. The molecule has 18 heavy (non-hydrogen) atoms. The summed E-state index contributed by atoms with van der Waals surface area (Å²) in [4.78, 5) is 4.47. The van der Waals surface area contributed by atoms with Crippen LogP contribution in [0.5, 0.6) is 0 Å². The molecule has 0 aliphatic heterocycles. The van der Waals surface area contributed by atoms with Gasteiger partial charge in [0, 0.05) is 17.6 Å². The normalized spacial score (nSPS) is 24.3. The third kappa shape index (κ3) is 2.13. The van der Waals surface area contributed by atoms with Crippen LogP contribution in [0.25, 0.3) is 10.9 Å². The zero-order chi connectivity index (χ0) is 12.4. The van der Waals surface area contributed by atoms with Gasteiger partial charge in [0.25, 0.3) is 0 Å². The molecular formula is C16H20N2. The molecule has 1 saturated carbocycles. The largest absolute Gasteiger partial charge is 0.316 e. The molecule has 2 heteroatoms. The molecule has 1 heterocycles. The molecular weight excluding hydrogens is 220 g/mol. The first-order valence-corrected chi connectivity index (χ1v) is 6.90. The maximum absolute atomic E-state index is 4.47. The molecule has 1 N–H and O–H groups in total.